The van der Waals surface area contributed by atoms with E-state index in [0.29, 0.717) is 19.5 Å². The number of hydrogen-bond donors (Lipinski definition) is 3. The zero-order valence-electron chi connectivity index (χ0n) is 43.2. The van der Waals surface area contributed by atoms with E-state index in [-0.39, 0.29) is 53.2 Å². The average molecular weight is 968 g/mol. The lowest BCUT2D eigenvalue weighted by molar-refractivity contribution is -0.144. The molecule has 71 heavy (non-hydrogen) atoms. The highest BCUT2D eigenvalue weighted by atomic mass is 16.6. The number of aromatic amines is 2. The molecule has 8 rings (SSSR count). The Labute approximate surface area is 419 Å². The maximum absolute atomic E-state index is 14.0. The summed E-state index contributed by atoms with van der Waals surface area (Å²) in [5.74, 6) is 0.960. The number of anilines is 1. The van der Waals surface area contributed by atoms with E-state index >= 15 is 0 Å². The van der Waals surface area contributed by atoms with Crippen molar-refractivity contribution >= 4 is 29.7 Å². The van der Waals surface area contributed by atoms with Crippen molar-refractivity contribution in [3.63, 3.8) is 0 Å². The number of alkyl carbamates (subject to hydrolysis) is 1. The topological polar surface area (TPSA) is 169 Å². The Balaban J connectivity index is 1.00. The number of ether oxygens (including phenoxy) is 2. The number of carbonyl (C=O) groups excluding carboxylic acids is 4. The Morgan fingerprint density at radius 1 is 0.732 bits per heavy atom. The molecule has 5 aromatic rings. The van der Waals surface area contributed by atoms with Crippen molar-refractivity contribution in [2.45, 2.75) is 135 Å². The monoisotopic (exact) mass is 968 g/mol. The number of benzene rings is 3. The molecule has 1 unspecified atom stereocenters. The van der Waals surface area contributed by atoms with Crippen LogP contribution in [0.5, 0.6) is 0 Å². The van der Waals surface area contributed by atoms with E-state index in [0.717, 1.165) is 72.7 Å². The SMILES string of the molecule is CCC(C)[C@H](OC(=O)NC)C(=O)N1CCC[C@H]1c1nc(-c2ccc([C@H]3CC[C@H](c4ccc(-c5c[nH]c([C@@H]6CCCN6C(=O)[C@H](C(C)C)N(C)C(=O)OC)n5)cc4)N3c3ccc(C(C)(C)C)cc3)cc2)c[nH]1. The van der Waals surface area contributed by atoms with E-state index in [2.05, 4.69) is 114 Å². The molecule has 7 atom stereocenters. The van der Waals surface area contributed by atoms with Gasteiger partial charge in [0.1, 0.15) is 17.7 Å². The number of aromatic nitrogens is 4. The molecule has 4 amide bonds. The third-order valence-electron chi connectivity index (χ3n) is 15.1. The summed E-state index contributed by atoms with van der Waals surface area (Å²) in [6.45, 7) is 15.7. The third kappa shape index (κ3) is 10.6. The third-order valence-corrected chi connectivity index (χ3v) is 15.1. The molecular formula is C56H73N9O6. The maximum Gasteiger partial charge on any atom is 0.409 e. The van der Waals surface area contributed by atoms with Crippen LogP contribution in [0.4, 0.5) is 15.3 Å². The molecule has 0 bridgehead atoms. The van der Waals surface area contributed by atoms with Crippen LogP contribution in [0, 0.1) is 11.8 Å². The molecule has 3 aliphatic heterocycles. The quantitative estimate of drug-likeness (QED) is 0.0980. The second kappa shape index (κ2) is 21.4. The van der Waals surface area contributed by atoms with Gasteiger partial charge in [0.15, 0.2) is 6.10 Å². The number of likely N-dealkylation sites (N-methyl/N-ethyl adjacent to an activating group) is 1. The second-order valence-electron chi connectivity index (χ2n) is 21.0. The van der Waals surface area contributed by atoms with E-state index in [4.69, 9.17) is 19.4 Å². The van der Waals surface area contributed by atoms with Gasteiger partial charge in [0.25, 0.3) is 5.91 Å². The van der Waals surface area contributed by atoms with E-state index < -0.39 is 24.3 Å². The predicted octanol–water partition coefficient (Wildman–Crippen LogP) is 10.7. The van der Waals surface area contributed by atoms with Gasteiger partial charge >= 0.3 is 12.2 Å². The molecule has 378 valence electrons. The highest BCUT2D eigenvalue weighted by Gasteiger charge is 2.42. The lowest BCUT2D eigenvalue weighted by Crippen LogP contribution is -2.51. The number of imidazole rings is 2. The summed E-state index contributed by atoms with van der Waals surface area (Å²) in [5, 5.41) is 2.49. The molecule has 3 aromatic carbocycles. The van der Waals surface area contributed by atoms with Crippen LogP contribution in [0.25, 0.3) is 22.5 Å². The molecule has 15 nitrogen and oxygen atoms in total. The van der Waals surface area contributed by atoms with Gasteiger partial charge in [-0.25, -0.2) is 19.6 Å². The Hall–Kier alpha value is -6.64. The summed E-state index contributed by atoms with van der Waals surface area (Å²) in [6, 6.07) is 25.7. The van der Waals surface area contributed by atoms with Crippen LogP contribution >= 0.6 is 0 Å². The Kier molecular flexibility index (Phi) is 15.3. The summed E-state index contributed by atoms with van der Waals surface area (Å²) in [5.41, 5.74) is 8.54. The Bertz CT molecular complexity index is 2640. The van der Waals surface area contributed by atoms with E-state index in [1.54, 1.807) is 7.05 Å². The molecule has 3 saturated heterocycles. The van der Waals surface area contributed by atoms with Crippen molar-refractivity contribution in [1.29, 1.82) is 0 Å². The number of carbonyl (C=O) groups is 4. The smallest absolute Gasteiger partial charge is 0.409 e. The summed E-state index contributed by atoms with van der Waals surface area (Å²) >= 11 is 0. The standard InChI is InChI=1S/C56H73N9O6/c1-11-35(4)49(71-54(68)57-8)53(67)64-31-13-15-47(64)51-59-33-43(61-51)37-18-22-39(23-19-37)45-29-28-44(65(45)41-26-24-40(25-27-41)56(5,6)7)38-20-16-36(17-21-38)42-32-58-50(60-42)46-14-12-30-63(46)52(66)48(34(2)3)62(9)55(69)70-10/h16-27,32-35,44-49H,11-15,28-31H2,1-10H3,(H,57,68)(H,58,60)(H,59,61)/t35?,44-,45-,46+,47+,48+,49+/m1/s1. The number of hydrogen-bond acceptors (Lipinski definition) is 9. The van der Waals surface area contributed by atoms with Crippen LogP contribution in [-0.2, 0) is 24.5 Å². The van der Waals surface area contributed by atoms with Crippen LogP contribution in [0.3, 0.4) is 0 Å². The lowest BCUT2D eigenvalue weighted by atomic mass is 9.87. The van der Waals surface area contributed by atoms with Crippen molar-refractivity contribution < 1.29 is 28.7 Å². The summed E-state index contributed by atoms with van der Waals surface area (Å²) in [7, 11) is 4.45. The molecule has 3 N–H and O–H groups in total. The van der Waals surface area contributed by atoms with Gasteiger partial charge in [0, 0.05) is 62.3 Å². The highest BCUT2D eigenvalue weighted by Crippen LogP contribution is 2.48. The molecule has 0 radical (unpaired) electrons. The number of H-pyrrole nitrogens is 2. The molecular weight excluding hydrogens is 895 g/mol. The number of rotatable bonds is 14. The molecule has 0 spiro atoms. The first-order chi connectivity index (χ1) is 34.0. The zero-order valence-corrected chi connectivity index (χ0v) is 43.2. The van der Waals surface area contributed by atoms with Crippen LogP contribution in [0.15, 0.2) is 85.2 Å². The molecule has 15 heteroatoms. The number of methoxy groups -OCH3 is 1. The minimum atomic E-state index is -0.869. The first kappa shape index (κ1) is 50.7. The average Bonchev–Trinajstić information content (AvgIpc) is 4.24. The predicted molar refractivity (Wildman–Crippen MR) is 275 cm³/mol. The number of amides is 4. The number of likely N-dealkylation sites (tertiary alicyclic amines) is 2. The fourth-order valence-electron chi connectivity index (χ4n) is 10.9. The molecule has 3 fully saturated rings. The summed E-state index contributed by atoms with van der Waals surface area (Å²) in [6.07, 6.45) is 7.72. The van der Waals surface area contributed by atoms with Crippen molar-refractivity contribution in [2.75, 3.05) is 39.2 Å². The van der Waals surface area contributed by atoms with Crippen LogP contribution in [-0.4, -0.2) is 105 Å². The first-order valence-electron chi connectivity index (χ1n) is 25.5. The second-order valence-corrected chi connectivity index (χ2v) is 21.0. The van der Waals surface area contributed by atoms with Gasteiger partial charge < -0.3 is 39.5 Å². The van der Waals surface area contributed by atoms with Gasteiger partial charge in [-0.3, -0.25) is 14.5 Å². The molecule has 0 aliphatic carbocycles. The lowest BCUT2D eigenvalue weighted by Gasteiger charge is -2.34. The minimum Gasteiger partial charge on any atom is -0.453 e. The first-order valence-corrected chi connectivity index (χ1v) is 25.5. The van der Waals surface area contributed by atoms with Gasteiger partial charge in [-0.2, -0.15) is 0 Å². The van der Waals surface area contributed by atoms with Crippen molar-refractivity contribution in [2.24, 2.45) is 11.8 Å². The van der Waals surface area contributed by atoms with Crippen molar-refractivity contribution in [1.82, 2.24) is 40.0 Å². The largest absolute Gasteiger partial charge is 0.453 e. The van der Waals surface area contributed by atoms with Gasteiger partial charge in [-0.15, -0.1) is 0 Å². The van der Waals surface area contributed by atoms with Gasteiger partial charge in [-0.1, -0.05) is 109 Å². The van der Waals surface area contributed by atoms with Crippen molar-refractivity contribution in [3.8, 4) is 22.5 Å². The van der Waals surface area contributed by atoms with Crippen LogP contribution in [0.1, 0.15) is 146 Å². The molecule has 5 heterocycles. The van der Waals surface area contributed by atoms with E-state index in [1.165, 1.54) is 41.4 Å². The normalized spacial score (nSPS) is 20.5. The van der Waals surface area contributed by atoms with E-state index in [1.807, 2.05) is 49.9 Å². The van der Waals surface area contributed by atoms with Crippen LogP contribution in [0.2, 0.25) is 0 Å². The highest BCUT2D eigenvalue weighted by molar-refractivity contribution is 5.86. The Morgan fingerprint density at radius 3 is 1.66 bits per heavy atom. The summed E-state index contributed by atoms with van der Waals surface area (Å²) in [4.78, 5) is 77.1. The summed E-state index contributed by atoms with van der Waals surface area (Å²) < 4.78 is 10.6. The number of nitrogens with zero attached hydrogens (tertiary/aromatic N) is 6. The zero-order chi connectivity index (χ0) is 50.7. The van der Waals surface area contributed by atoms with E-state index in [9.17, 15) is 19.2 Å². The molecule has 2 aromatic heterocycles. The van der Waals surface area contributed by atoms with Crippen molar-refractivity contribution in [3.05, 3.63) is 114 Å². The minimum absolute atomic E-state index is 0.0262. The molecule has 3 aliphatic rings. The number of nitrogens with one attached hydrogen (secondary N) is 3. The maximum atomic E-state index is 14.0. The van der Waals surface area contributed by atoms with Gasteiger partial charge in [0.2, 0.25) is 5.91 Å². The fourth-order valence-corrected chi connectivity index (χ4v) is 10.9. The van der Waals surface area contributed by atoms with Gasteiger partial charge in [0.05, 0.1) is 42.7 Å². The van der Waals surface area contributed by atoms with Gasteiger partial charge in [-0.05, 0) is 85.1 Å². The fraction of sp³-hybridized carbons (Fsp3) is 0.500. The molecule has 0 saturated carbocycles. The Morgan fingerprint density at radius 2 is 1.23 bits per heavy atom. The van der Waals surface area contributed by atoms with Crippen LogP contribution < -0.4 is 10.2 Å².